The van der Waals surface area contributed by atoms with Crippen molar-refractivity contribution < 1.29 is 14.5 Å². The molecule has 0 spiro atoms. The van der Waals surface area contributed by atoms with Crippen molar-refractivity contribution in [2.75, 3.05) is 0 Å². The van der Waals surface area contributed by atoms with Gasteiger partial charge in [0.25, 0.3) is 5.69 Å². The maximum Gasteiger partial charge on any atom is 0.349 e. The maximum atomic E-state index is 12.3. The third kappa shape index (κ3) is 4.86. The van der Waals surface area contributed by atoms with Crippen LogP contribution in [-0.2, 0) is 22.7 Å². The normalized spacial score (nSPS) is 11.4. The average molecular weight is 381 g/mol. The minimum Gasteiger partial charge on any atom is -0.456 e. The highest BCUT2D eigenvalue weighted by Crippen LogP contribution is 2.21. The van der Waals surface area contributed by atoms with Crippen LogP contribution in [0.3, 0.4) is 0 Å². The Morgan fingerprint density at radius 2 is 2.04 bits per heavy atom. The van der Waals surface area contributed by atoms with Crippen molar-refractivity contribution in [1.82, 2.24) is 4.57 Å². The first-order valence-corrected chi connectivity index (χ1v) is 8.92. The van der Waals surface area contributed by atoms with E-state index in [-0.39, 0.29) is 23.4 Å². The zero-order valence-electron chi connectivity index (χ0n) is 16.4. The van der Waals surface area contributed by atoms with Crippen LogP contribution in [0.5, 0.6) is 0 Å². The maximum absolute atomic E-state index is 12.3. The van der Waals surface area contributed by atoms with E-state index in [0.29, 0.717) is 5.92 Å². The number of esters is 1. The highest BCUT2D eigenvalue weighted by atomic mass is 16.6. The first-order chi connectivity index (χ1) is 13.2. The number of para-hydroxylation sites is 1. The molecule has 1 heterocycles. The minimum atomic E-state index is -0.811. The Balaban J connectivity index is 2.21. The number of aromatic nitrogens is 1. The third-order valence-corrected chi connectivity index (χ3v) is 4.35. The summed E-state index contributed by atoms with van der Waals surface area (Å²) in [4.78, 5) is 22.8. The van der Waals surface area contributed by atoms with Gasteiger partial charge in [-0.1, -0.05) is 26.0 Å². The van der Waals surface area contributed by atoms with E-state index < -0.39 is 10.9 Å². The largest absolute Gasteiger partial charge is 0.456 e. The topological polar surface area (TPSA) is 98.2 Å². The predicted molar refractivity (Wildman–Crippen MR) is 105 cm³/mol. The fourth-order valence-electron chi connectivity index (χ4n) is 2.94. The summed E-state index contributed by atoms with van der Waals surface area (Å²) in [6.45, 7) is 8.72. The molecule has 2 rings (SSSR count). The second-order valence-corrected chi connectivity index (χ2v) is 6.96. The Kier molecular flexibility index (Phi) is 6.72. The van der Waals surface area contributed by atoms with Crippen molar-refractivity contribution in [3.63, 3.8) is 0 Å². The quantitative estimate of drug-likeness (QED) is 0.234. The predicted octanol–water partition coefficient (Wildman–Crippen LogP) is 4.32. The molecule has 0 bridgehead atoms. The van der Waals surface area contributed by atoms with Crippen LogP contribution in [0, 0.1) is 41.2 Å². The van der Waals surface area contributed by atoms with E-state index in [9.17, 15) is 20.2 Å². The summed E-state index contributed by atoms with van der Waals surface area (Å²) in [6, 6.07) is 9.81. The lowest BCUT2D eigenvalue weighted by molar-refractivity contribution is -0.385. The molecule has 0 amide bonds. The Labute approximate surface area is 164 Å². The first kappa shape index (κ1) is 20.9. The number of hydrogen-bond acceptors (Lipinski definition) is 5. The summed E-state index contributed by atoms with van der Waals surface area (Å²) < 4.78 is 7.29. The Bertz CT molecular complexity index is 965. The summed E-state index contributed by atoms with van der Waals surface area (Å²) in [7, 11) is 0. The van der Waals surface area contributed by atoms with E-state index in [1.807, 2.05) is 26.0 Å². The molecule has 0 fully saturated rings. The second kappa shape index (κ2) is 9.00. The van der Waals surface area contributed by atoms with Crippen molar-refractivity contribution >= 4 is 17.7 Å². The second-order valence-electron chi connectivity index (χ2n) is 6.96. The lowest BCUT2D eigenvalue weighted by Crippen LogP contribution is -2.09. The molecule has 0 N–H and O–H groups in total. The minimum absolute atomic E-state index is 0.130. The molecule has 2 aromatic rings. The smallest absolute Gasteiger partial charge is 0.349 e. The summed E-state index contributed by atoms with van der Waals surface area (Å²) in [5, 5.41) is 20.4. The van der Waals surface area contributed by atoms with Crippen molar-refractivity contribution in [1.29, 1.82) is 5.26 Å². The van der Waals surface area contributed by atoms with Crippen LogP contribution in [0.15, 0.2) is 35.9 Å². The van der Waals surface area contributed by atoms with Crippen LogP contribution < -0.4 is 0 Å². The Hall–Kier alpha value is -3.40. The van der Waals surface area contributed by atoms with Gasteiger partial charge in [-0.05, 0) is 43.5 Å². The average Bonchev–Trinajstić information content (AvgIpc) is 2.91. The molecule has 28 heavy (non-hydrogen) atoms. The molecule has 7 nitrogen and oxygen atoms in total. The van der Waals surface area contributed by atoms with Gasteiger partial charge in [0.1, 0.15) is 18.2 Å². The van der Waals surface area contributed by atoms with Crippen LogP contribution >= 0.6 is 0 Å². The first-order valence-electron chi connectivity index (χ1n) is 8.92. The number of hydrogen-bond donors (Lipinski definition) is 0. The fourth-order valence-corrected chi connectivity index (χ4v) is 2.94. The molecule has 1 aromatic carbocycles. The van der Waals surface area contributed by atoms with Crippen molar-refractivity contribution in [3.8, 4) is 6.07 Å². The number of carbonyl (C=O) groups excluding carboxylic acids is 1. The standard InChI is InChI=1S/C21H23N3O4/c1-14(2)12-23-15(3)9-18(16(23)4)10-19(11-22)21(25)28-13-17-7-5-6-8-20(17)24(26)27/h5-10,14H,12-13H2,1-4H3/b19-10+. The van der Waals surface area contributed by atoms with Gasteiger partial charge in [-0.25, -0.2) is 4.79 Å². The van der Waals surface area contributed by atoms with E-state index in [4.69, 9.17) is 4.74 Å². The molecule has 0 saturated heterocycles. The molecule has 0 unspecified atom stereocenters. The molecule has 0 aliphatic heterocycles. The van der Waals surface area contributed by atoms with Gasteiger partial charge in [0.15, 0.2) is 0 Å². The molecule has 0 radical (unpaired) electrons. The van der Waals surface area contributed by atoms with Gasteiger partial charge in [-0.3, -0.25) is 10.1 Å². The van der Waals surface area contributed by atoms with Gasteiger partial charge in [0, 0.05) is 24.0 Å². The Morgan fingerprint density at radius 3 is 2.64 bits per heavy atom. The summed E-state index contributed by atoms with van der Waals surface area (Å²) in [5.41, 5.74) is 2.78. The van der Waals surface area contributed by atoms with Gasteiger partial charge >= 0.3 is 5.97 Å². The number of benzene rings is 1. The van der Waals surface area contributed by atoms with E-state index in [1.54, 1.807) is 6.07 Å². The number of ether oxygens (including phenoxy) is 1. The molecule has 146 valence electrons. The van der Waals surface area contributed by atoms with Crippen molar-refractivity contribution in [2.24, 2.45) is 5.92 Å². The van der Waals surface area contributed by atoms with E-state index in [2.05, 4.69) is 18.4 Å². The van der Waals surface area contributed by atoms with Crippen LogP contribution in [0.1, 0.15) is 36.4 Å². The van der Waals surface area contributed by atoms with E-state index >= 15 is 0 Å². The highest BCUT2D eigenvalue weighted by molar-refractivity contribution is 5.98. The van der Waals surface area contributed by atoms with Crippen LogP contribution in [0.25, 0.3) is 6.08 Å². The molecular weight excluding hydrogens is 358 g/mol. The van der Waals surface area contributed by atoms with E-state index in [0.717, 1.165) is 23.5 Å². The number of nitrogens with zero attached hydrogens (tertiary/aromatic N) is 3. The zero-order valence-corrected chi connectivity index (χ0v) is 16.4. The lowest BCUT2D eigenvalue weighted by Gasteiger charge is -2.12. The van der Waals surface area contributed by atoms with Gasteiger partial charge < -0.3 is 9.30 Å². The summed E-state index contributed by atoms with van der Waals surface area (Å²) in [5.74, 6) is -0.349. The number of rotatable bonds is 7. The number of carbonyl (C=O) groups is 1. The molecule has 7 heteroatoms. The highest BCUT2D eigenvalue weighted by Gasteiger charge is 2.17. The lowest BCUT2D eigenvalue weighted by atomic mass is 10.1. The van der Waals surface area contributed by atoms with Crippen molar-refractivity contribution in [2.45, 2.75) is 40.8 Å². The van der Waals surface area contributed by atoms with Gasteiger partial charge in [-0.2, -0.15) is 5.26 Å². The molecule has 0 aliphatic carbocycles. The zero-order chi connectivity index (χ0) is 20.8. The van der Waals surface area contributed by atoms with Crippen LogP contribution in [0.2, 0.25) is 0 Å². The van der Waals surface area contributed by atoms with Gasteiger partial charge in [0.2, 0.25) is 0 Å². The molecule has 1 aromatic heterocycles. The monoisotopic (exact) mass is 381 g/mol. The van der Waals surface area contributed by atoms with Gasteiger partial charge in [-0.15, -0.1) is 0 Å². The SMILES string of the molecule is Cc1cc(/C=C(\C#N)C(=O)OCc2ccccc2[N+](=O)[O-])c(C)n1CC(C)C. The van der Waals surface area contributed by atoms with E-state index in [1.165, 1.54) is 24.3 Å². The van der Waals surface area contributed by atoms with Crippen LogP contribution in [-0.4, -0.2) is 15.5 Å². The summed E-state index contributed by atoms with van der Waals surface area (Å²) >= 11 is 0. The van der Waals surface area contributed by atoms with Crippen molar-refractivity contribution in [3.05, 3.63) is 68.5 Å². The summed E-state index contributed by atoms with van der Waals surface area (Å²) in [6.07, 6.45) is 1.50. The molecule has 0 atom stereocenters. The number of nitriles is 1. The number of aryl methyl sites for hydroxylation is 1. The number of nitro benzene ring substituents is 1. The molecule has 0 saturated carbocycles. The van der Waals surface area contributed by atoms with Gasteiger partial charge in [0.05, 0.1) is 10.5 Å². The van der Waals surface area contributed by atoms with Crippen LogP contribution in [0.4, 0.5) is 5.69 Å². The number of nitro groups is 1. The fraction of sp³-hybridized carbons (Fsp3) is 0.333. The molecular formula is C21H23N3O4. The molecule has 0 aliphatic rings. The Morgan fingerprint density at radius 1 is 1.36 bits per heavy atom. The third-order valence-electron chi connectivity index (χ3n) is 4.35.